The van der Waals surface area contributed by atoms with E-state index in [0.717, 1.165) is 0 Å². The van der Waals surface area contributed by atoms with Crippen molar-refractivity contribution in [3.8, 4) is 0 Å². The van der Waals surface area contributed by atoms with Gasteiger partial charge in [0, 0.05) is 11.6 Å². The van der Waals surface area contributed by atoms with Crippen molar-refractivity contribution in [1.82, 2.24) is 5.32 Å². The monoisotopic (exact) mass is 187 g/mol. The first-order valence-electron chi connectivity index (χ1n) is 5.24. The Kier molecular flexibility index (Phi) is 2.73. The molecule has 0 saturated heterocycles. The lowest BCUT2D eigenvalue weighted by molar-refractivity contribution is -0.0478. The Labute approximate surface area is 81.1 Å². The van der Waals surface area contributed by atoms with Gasteiger partial charge >= 0.3 is 0 Å². The fraction of sp³-hybridized carbons (Fsp3) is 1.00. The minimum Gasteiger partial charge on any atom is -0.309 e. The largest absolute Gasteiger partial charge is 0.309 e. The highest BCUT2D eigenvalue weighted by molar-refractivity contribution is 5.10. The molecule has 0 bridgehead atoms. The van der Waals surface area contributed by atoms with E-state index in [1.54, 1.807) is 6.92 Å². The first-order valence-corrected chi connectivity index (χ1v) is 5.24. The van der Waals surface area contributed by atoms with Crippen molar-refractivity contribution in [2.45, 2.75) is 64.7 Å². The summed E-state index contributed by atoms with van der Waals surface area (Å²) in [7, 11) is 0. The first-order chi connectivity index (χ1) is 5.77. The lowest BCUT2D eigenvalue weighted by atomic mass is 9.61. The highest BCUT2D eigenvalue weighted by atomic mass is 19.1. The van der Waals surface area contributed by atoms with Crippen molar-refractivity contribution in [2.24, 2.45) is 5.92 Å². The molecule has 1 rings (SSSR count). The van der Waals surface area contributed by atoms with Crippen LogP contribution in [0.25, 0.3) is 0 Å². The number of halogens is 1. The van der Waals surface area contributed by atoms with Gasteiger partial charge in [-0.05, 0) is 25.7 Å². The zero-order valence-corrected chi connectivity index (χ0v) is 9.45. The summed E-state index contributed by atoms with van der Waals surface area (Å²) in [5, 5.41) is 3.51. The summed E-state index contributed by atoms with van der Waals surface area (Å²) in [6.07, 6.45) is 1.33. The van der Waals surface area contributed by atoms with E-state index < -0.39 is 5.67 Å². The van der Waals surface area contributed by atoms with Crippen molar-refractivity contribution in [2.75, 3.05) is 0 Å². The molecule has 0 aromatic rings. The average molecular weight is 187 g/mol. The lowest BCUT2D eigenvalue weighted by Gasteiger charge is -2.54. The van der Waals surface area contributed by atoms with Crippen LogP contribution in [0.4, 0.5) is 4.39 Å². The molecule has 1 saturated carbocycles. The lowest BCUT2D eigenvalue weighted by Crippen LogP contribution is -2.65. The Hall–Kier alpha value is -0.110. The molecule has 2 heteroatoms. The van der Waals surface area contributed by atoms with Gasteiger partial charge in [-0.2, -0.15) is 0 Å². The van der Waals surface area contributed by atoms with Gasteiger partial charge in [0.05, 0.1) is 0 Å². The number of hydrogen-bond acceptors (Lipinski definition) is 1. The van der Waals surface area contributed by atoms with Crippen LogP contribution in [0.2, 0.25) is 0 Å². The molecule has 1 fully saturated rings. The predicted octanol–water partition coefficient (Wildman–Crippen LogP) is 2.90. The van der Waals surface area contributed by atoms with Crippen LogP contribution < -0.4 is 5.32 Å². The normalized spacial score (nSPS) is 39.7. The van der Waals surface area contributed by atoms with E-state index in [4.69, 9.17) is 0 Å². The van der Waals surface area contributed by atoms with Crippen molar-refractivity contribution < 1.29 is 4.39 Å². The van der Waals surface area contributed by atoms with E-state index in [0.29, 0.717) is 24.8 Å². The minimum absolute atomic E-state index is 0.0532. The van der Waals surface area contributed by atoms with E-state index in [9.17, 15) is 4.39 Å². The number of hydrogen-bond donors (Lipinski definition) is 1. The quantitative estimate of drug-likeness (QED) is 0.716. The Morgan fingerprint density at radius 2 is 1.62 bits per heavy atom. The molecule has 0 radical (unpaired) electrons. The first kappa shape index (κ1) is 11.0. The van der Waals surface area contributed by atoms with Gasteiger partial charge in [0.25, 0.3) is 0 Å². The molecule has 13 heavy (non-hydrogen) atoms. The standard InChI is InChI=1S/C11H22FN/c1-8(2)11(13-9(3)4)6-10(5,12)7-11/h8-9,13H,6-7H2,1-5H3. The van der Waals surface area contributed by atoms with E-state index in [-0.39, 0.29) is 5.54 Å². The van der Waals surface area contributed by atoms with Crippen LogP contribution in [0, 0.1) is 5.92 Å². The van der Waals surface area contributed by atoms with Gasteiger partial charge in [0.15, 0.2) is 0 Å². The summed E-state index contributed by atoms with van der Waals surface area (Å²) in [5.74, 6) is 0.513. The third-order valence-corrected chi connectivity index (χ3v) is 3.05. The molecule has 0 spiro atoms. The van der Waals surface area contributed by atoms with Crippen molar-refractivity contribution in [3.05, 3.63) is 0 Å². The summed E-state index contributed by atoms with van der Waals surface area (Å²) in [6.45, 7) is 10.3. The molecule has 1 aliphatic rings. The molecule has 0 unspecified atom stereocenters. The van der Waals surface area contributed by atoms with Gasteiger partial charge in [-0.3, -0.25) is 0 Å². The molecule has 0 heterocycles. The summed E-state index contributed by atoms with van der Waals surface area (Å²) in [6, 6.07) is 0.443. The summed E-state index contributed by atoms with van der Waals surface area (Å²) in [4.78, 5) is 0. The van der Waals surface area contributed by atoms with Gasteiger partial charge in [-0.1, -0.05) is 27.7 Å². The van der Waals surface area contributed by atoms with Crippen molar-refractivity contribution in [1.29, 1.82) is 0 Å². The van der Waals surface area contributed by atoms with Crippen LogP contribution >= 0.6 is 0 Å². The zero-order valence-electron chi connectivity index (χ0n) is 9.45. The van der Waals surface area contributed by atoms with Crippen LogP contribution in [-0.4, -0.2) is 17.2 Å². The van der Waals surface area contributed by atoms with Crippen molar-refractivity contribution >= 4 is 0 Å². The molecule has 1 nitrogen and oxygen atoms in total. The van der Waals surface area contributed by atoms with Crippen molar-refractivity contribution in [3.63, 3.8) is 0 Å². The van der Waals surface area contributed by atoms with Crippen LogP contribution in [-0.2, 0) is 0 Å². The molecule has 1 N–H and O–H groups in total. The predicted molar refractivity (Wildman–Crippen MR) is 54.6 cm³/mol. The summed E-state index contributed by atoms with van der Waals surface area (Å²) < 4.78 is 13.5. The Balaban J connectivity index is 2.60. The molecule has 1 aliphatic carbocycles. The Morgan fingerprint density at radius 3 is 1.85 bits per heavy atom. The fourth-order valence-corrected chi connectivity index (χ4v) is 2.52. The second-order valence-electron chi connectivity index (χ2n) is 5.38. The second kappa shape index (κ2) is 3.23. The van der Waals surface area contributed by atoms with Gasteiger partial charge in [-0.15, -0.1) is 0 Å². The van der Waals surface area contributed by atoms with Crippen LogP contribution in [0.1, 0.15) is 47.5 Å². The van der Waals surface area contributed by atoms with Crippen LogP contribution in [0.3, 0.4) is 0 Å². The smallest absolute Gasteiger partial charge is 0.111 e. The van der Waals surface area contributed by atoms with Crippen LogP contribution in [0.5, 0.6) is 0 Å². The minimum atomic E-state index is -0.938. The Morgan fingerprint density at radius 1 is 1.15 bits per heavy atom. The molecule has 0 amide bonds. The molecular weight excluding hydrogens is 165 g/mol. The highest BCUT2D eigenvalue weighted by Gasteiger charge is 2.54. The van der Waals surface area contributed by atoms with Crippen LogP contribution in [0.15, 0.2) is 0 Å². The highest BCUT2D eigenvalue weighted by Crippen LogP contribution is 2.48. The van der Waals surface area contributed by atoms with E-state index in [1.807, 2.05) is 0 Å². The van der Waals surface area contributed by atoms with Gasteiger partial charge in [0.1, 0.15) is 5.67 Å². The Bertz CT molecular complexity index is 171. The van der Waals surface area contributed by atoms with E-state index in [1.165, 1.54) is 0 Å². The van der Waals surface area contributed by atoms with Gasteiger partial charge < -0.3 is 5.32 Å². The maximum atomic E-state index is 13.5. The zero-order chi connectivity index (χ0) is 10.3. The van der Waals surface area contributed by atoms with E-state index >= 15 is 0 Å². The fourth-order valence-electron chi connectivity index (χ4n) is 2.52. The summed E-state index contributed by atoms with van der Waals surface area (Å²) in [5.41, 5.74) is -0.885. The topological polar surface area (TPSA) is 12.0 Å². The molecule has 0 aliphatic heterocycles. The third kappa shape index (κ3) is 2.22. The maximum Gasteiger partial charge on any atom is 0.111 e. The number of alkyl halides is 1. The molecule has 0 atom stereocenters. The second-order valence-corrected chi connectivity index (χ2v) is 5.38. The molecule has 0 aromatic carbocycles. The maximum absolute atomic E-state index is 13.5. The molecule has 78 valence electrons. The number of rotatable bonds is 3. The molecule has 0 aromatic heterocycles. The SMILES string of the molecule is CC(C)NC1(C(C)C)CC(C)(F)C1. The number of nitrogens with one attached hydrogen (secondary N) is 1. The van der Waals surface area contributed by atoms with E-state index in [2.05, 4.69) is 33.0 Å². The summed E-state index contributed by atoms with van der Waals surface area (Å²) >= 11 is 0. The molecular formula is C11H22FN. The van der Waals surface area contributed by atoms with Gasteiger partial charge in [-0.25, -0.2) is 4.39 Å². The average Bonchev–Trinajstić information content (AvgIpc) is 1.80. The third-order valence-electron chi connectivity index (χ3n) is 3.05. The van der Waals surface area contributed by atoms with Gasteiger partial charge in [0.2, 0.25) is 0 Å².